The number of aromatic nitrogens is 1. The third-order valence-electron chi connectivity index (χ3n) is 4.50. The maximum Gasteiger partial charge on any atom is 0.251 e. The van der Waals surface area contributed by atoms with Gasteiger partial charge in [-0.15, -0.1) is 0 Å². The van der Waals surface area contributed by atoms with E-state index in [1.807, 2.05) is 24.3 Å². The summed E-state index contributed by atoms with van der Waals surface area (Å²) in [5.74, 6) is 0.777. The van der Waals surface area contributed by atoms with Crippen LogP contribution in [0.2, 0.25) is 0 Å². The molecule has 1 aliphatic carbocycles. The van der Waals surface area contributed by atoms with Crippen molar-refractivity contribution in [2.75, 3.05) is 11.9 Å². The van der Waals surface area contributed by atoms with Gasteiger partial charge < -0.3 is 10.6 Å². The van der Waals surface area contributed by atoms with Gasteiger partial charge in [-0.25, -0.2) is 4.98 Å². The van der Waals surface area contributed by atoms with E-state index >= 15 is 0 Å². The summed E-state index contributed by atoms with van der Waals surface area (Å²) in [4.78, 5) is 16.6. The molecular formula is C20H25N3O. The molecule has 24 heavy (non-hydrogen) atoms. The largest absolute Gasteiger partial charge is 0.367 e. The highest BCUT2D eigenvalue weighted by atomic mass is 16.1. The first kappa shape index (κ1) is 16.5. The lowest BCUT2D eigenvalue weighted by Gasteiger charge is -2.13. The van der Waals surface area contributed by atoms with Crippen molar-refractivity contribution in [3.8, 4) is 0 Å². The van der Waals surface area contributed by atoms with Gasteiger partial charge in [0.1, 0.15) is 5.82 Å². The minimum atomic E-state index is -0.0278. The molecule has 0 atom stereocenters. The second kappa shape index (κ2) is 8.48. The molecule has 126 valence electrons. The zero-order valence-corrected chi connectivity index (χ0v) is 14.0. The number of anilines is 1. The van der Waals surface area contributed by atoms with E-state index < -0.39 is 0 Å². The van der Waals surface area contributed by atoms with Crippen molar-refractivity contribution in [2.24, 2.45) is 0 Å². The third kappa shape index (κ3) is 4.82. The number of carbonyl (C=O) groups is 1. The summed E-state index contributed by atoms with van der Waals surface area (Å²) in [5.41, 5.74) is 1.98. The number of benzene rings is 1. The Bertz CT molecular complexity index is 651. The molecule has 3 rings (SSSR count). The van der Waals surface area contributed by atoms with Crippen molar-refractivity contribution in [2.45, 2.75) is 44.6 Å². The second-order valence-electron chi connectivity index (χ2n) is 6.40. The highest BCUT2D eigenvalue weighted by molar-refractivity contribution is 5.94. The van der Waals surface area contributed by atoms with Crippen molar-refractivity contribution < 1.29 is 4.79 Å². The number of hydrogen-bond acceptors (Lipinski definition) is 3. The van der Waals surface area contributed by atoms with Crippen LogP contribution in [-0.4, -0.2) is 23.5 Å². The molecule has 4 heteroatoms. The molecule has 0 spiro atoms. The van der Waals surface area contributed by atoms with E-state index in [2.05, 4.69) is 27.8 Å². The summed E-state index contributed by atoms with van der Waals surface area (Å²) >= 11 is 0. The average Bonchev–Trinajstić information content (AvgIpc) is 3.13. The molecule has 1 amide bonds. The third-order valence-corrected chi connectivity index (χ3v) is 4.50. The summed E-state index contributed by atoms with van der Waals surface area (Å²) in [6.07, 6.45) is 8.56. The molecule has 4 nitrogen and oxygen atoms in total. The van der Waals surface area contributed by atoms with Gasteiger partial charge in [0.2, 0.25) is 0 Å². The molecule has 0 radical (unpaired) electrons. The Balaban J connectivity index is 1.46. The Morgan fingerprint density at radius 2 is 1.92 bits per heavy atom. The van der Waals surface area contributed by atoms with Crippen LogP contribution in [0, 0.1) is 0 Å². The van der Waals surface area contributed by atoms with Crippen molar-refractivity contribution >= 4 is 11.7 Å². The number of rotatable bonds is 7. The van der Waals surface area contributed by atoms with E-state index in [1.165, 1.54) is 31.2 Å². The number of hydrogen-bond donors (Lipinski definition) is 2. The van der Waals surface area contributed by atoms with E-state index in [0.717, 1.165) is 18.7 Å². The molecule has 0 saturated heterocycles. The lowest BCUT2D eigenvalue weighted by atomic mass is 10.1. The molecule has 1 aromatic carbocycles. The summed E-state index contributed by atoms with van der Waals surface area (Å²) in [7, 11) is 0. The first-order chi connectivity index (χ1) is 11.8. The summed E-state index contributed by atoms with van der Waals surface area (Å²) in [6, 6.07) is 14.5. The van der Waals surface area contributed by atoms with Crippen molar-refractivity contribution in [3.63, 3.8) is 0 Å². The van der Waals surface area contributed by atoms with E-state index in [-0.39, 0.29) is 5.91 Å². The van der Waals surface area contributed by atoms with E-state index in [1.54, 1.807) is 12.3 Å². The Labute approximate surface area is 143 Å². The zero-order chi connectivity index (χ0) is 16.6. The van der Waals surface area contributed by atoms with Crippen LogP contribution in [0.25, 0.3) is 0 Å². The molecule has 1 saturated carbocycles. The number of carbonyl (C=O) groups excluding carboxylic acids is 1. The SMILES string of the molecule is O=C(NCCCc1ccccc1)c1ccnc(NC2CCCC2)c1. The summed E-state index contributed by atoms with van der Waals surface area (Å²) in [6.45, 7) is 0.682. The van der Waals surface area contributed by atoms with Gasteiger partial charge in [0, 0.05) is 24.3 Å². The van der Waals surface area contributed by atoms with Crippen molar-refractivity contribution in [3.05, 3.63) is 59.8 Å². The first-order valence-electron chi connectivity index (χ1n) is 8.86. The van der Waals surface area contributed by atoms with E-state index in [4.69, 9.17) is 0 Å². The molecule has 1 aromatic heterocycles. The van der Waals surface area contributed by atoms with Crippen LogP contribution < -0.4 is 10.6 Å². The Kier molecular flexibility index (Phi) is 5.83. The Morgan fingerprint density at radius 1 is 1.12 bits per heavy atom. The highest BCUT2D eigenvalue weighted by Gasteiger charge is 2.15. The molecule has 1 fully saturated rings. The smallest absolute Gasteiger partial charge is 0.251 e. The summed E-state index contributed by atoms with van der Waals surface area (Å²) in [5, 5.41) is 6.43. The Morgan fingerprint density at radius 3 is 2.71 bits per heavy atom. The number of nitrogens with zero attached hydrogens (tertiary/aromatic N) is 1. The molecule has 2 N–H and O–H groups in total. The summed E-state index contributed by atoms with van der Waals surface area (Å²) < 4.78 is 0. The first-order valence-corrected chi connectivity index (χ1v) is 8.86. The number of aryl methyl sites for hydroxylation is 1. The van der Waals surface area contributed by atoms with Crippen LogP contribution in [0.15, 0.2) is 48.7 Å². The number of pyridine rings is 1. The predicted octanol–water partition coefficient (Wildman–Crippen LogP) is 3.80. The fraction of sp³-hybridized carbons (Fsp3) is 0.400. The molecule has 0 aliphatic heterocycles. The topological polar surface area (TPSA) is 54.0 Å². The average molecular weight is 323 g/mol. The maximum absolute atomic E-state index is 12.3. The van der Waals surface area contributed by atoms with Gasteiger partial charge in [-0.05, 0) is 43.4 Å². The van der Waals surface area contributed by atoms with Crippen LogP contribution in [0.5, 0.6) is 0 Å². The molecule has 1 heterocycles. The quantitative estimate of drug-likeness (QED) is 0.762. The normalized spacial score (nSPS) is 14.5. The lowest BCUT2D eigenvalue weighted by Crippen LogP contribution is -2.25. The Hall–Kier alpha value is -2.36. The van der Waals surface area contributed by atoms with Crippen LogP contribution in [0.4, 0.5) is 5.82 Å². The van der Waals surface area contributed by atoms with Gasteiger partial charge in [0.15, 0.2) is 0 Å². The zero-order valence-electron chi connectivity index (χ0n) is 14.0. The van der Waals surface area contributed by atoms with Crippen molar-refractivity contribution in [1.29, 1.82) is 0 Å². The van der Waals surface area contributed by atoms with Gasteiger partial charge in [-0.2, -0.15) is 0 Å². The van der Waals surface area contributed by atoms with Crippen LogP contribution >= 0.6 is 0 Å². The van der Waals surface area contributed by atoms with E-state index in [9.17, 15) is 4.79 Å². The minimum absolute atomic E-state index is 0.0278. The standard InChI is InChI=1S/C20H25N3O/c24-20(22-13-6-9-16-7-2-1-3-8-16)17-12-14-21-19(15-17)23-18-10-4-5-11-18/h1-3,7-8,12,14-15,18H,4-6,9-11,13H2,(H,21,23)(H,22,24). The minimum Gasteiger partial charge on any atom is -0.367 e. The molecule has 0 unspecified atom stereocenters. The monoisotopic (exact) mass is 323 g/mol. The lowest BCUT2D eigenvalue weighted by molar-refractivity contribution is 0.0953. The molecular weight excluding hydrogens is 298 g/mol. The van der Waals surface area contributed by atoms with Gasteiger partial charge in [0.25, 0.3) is 5.91 Å². The molecule has 2 aromatic rings. The fourth-order valence-electron chi connectivity index (χ4n) is 3.17. The molecule has 0 bridgehead atoms. The predicted molar refractivity (Wildman–Crippen MR) is 97.2 cm³/mol. The van der Waals surface area contributed by atoms with E-state index in [0.29, 0.717) is 18.2 Å². The number of nitrogens with one attached hydrogen (secondary N) is 2. The fourth-order valence-corrected chi connectivity index (χ4v) is 3.17. The van der Waals surface area contributed by atoms with Crippen LogP contribution in [0.1, 0.15) is 48.0 Å². The van der Waals surface area contributed by atoms with Crippen molar-refractivity contribution in [1.82, 2.24) is 10.3 Å². The second-order valence-corrected chi connectivity index (χ2v) is 6.40. The maximum atomic E-state index is 12.3. The van der Waals surface area contributed by atoms with Gasteiger partial charge in [-0.3, -0.25) is 4.79 Å². The van der Waals surface area contributed by atoms with Crippen LogP contribution in [0.3, 0.4) is 0 Å². The van der Waals surface area contributed by atoms with Gasteiger partial charge >= 0.3 is 0 Å². The highest BCUT2D eigenvalue weighted by Crippen LogP contribution is 2.21. The number of amides is 1. The van der Waals surface area contributed by atoms with Crippen LogP contribution in [-0.2, 0) is 6.42 Å². The van der Waals surface area contributed by atoms with Gasteiger partial charge in [0.05, 0.1) is 0 Å². The van der Waals surface area contributed by atoms with Gasteiger partial charge in [-0.1, -0.05) is 43.2 Å². The molecule has 1 aliphatic rings.